The summed E-state index contributed by atoms with van der Waals surface area (Å²) < 4.78 is 11.3. The van der Waals surface area contributed by atoms with Crippen molar-refractivity contribution in [2.24, 2.45) is 5.10 Å². The zero-order chi connectivity index (χ0) is 22.9. The summed E-state index contributed by atoms with van der Waals surface area (Å²) in [6.07, 6.45) is 1.52. The van der Waals surface area contributed by atoms with Crippen LogP contribution in [0.2, 0.25) is 0 Å². The van der Waals surface area contributed by atoms with Crippen LogP contribution in [0.5, 0.6) is 11.5 Å². The van der Waals surface area contributed by atoms with E-state index in [1.165, 1.54) is 11.0 Å². The van der Waals surface area contributed by atoms with Crippen LogP contribution in [0.25, 0.3) is 11.4 Å². The second-order valence-corrected chi connectivity index (χ2v) is 6.99. The molecular weight excluding hydrogens is 420 g/mol. The molecule has 1 aromatic heterocycles. The second kappa shape index (κ2) is 10.7. The number of benzene rings is 3. The Labute approximate surface area is 190 Å². The van der Waals surface area contributed by atoms with Gasteiger partial charge in [0.1, 0.15) is 13.2 Å². The molecule has 166 valence electrons. The Balaban J connectivity index is 1.34. The lowest BCUT2D eigenvalue weighted by Crippen LogP contribution is -2.24. The van der Waals surface area contributed by atoms with E-state index in [0.29, 0.717) is 23.9 Å². The van der Waals surface area contributed by atoms with E-state index in [-0.39, 0.29) is 12.5 Å². The molecule has 1 heterocycles. The summed E-state index contributed by atoms with van der Waals surface area (Å²) in [5.41, 5.74) is 5.07. The van der Waals surface area contributed by atoms with Crippen molar-refractivity contribution < 1.29 is 14.3 Å². The molecule has 9 nitrogen and oxygen atoms in total. The highest BCUT2D eigenvalue weighted by atomic mass is 16.5. The maximum absolute atomic E-state index is 12.2. The van der Waals surface area contributed by atoms with Crippen molar-refractivity contribution in [3.8, 4) is 22.9 Å². The van der Waals surface area contributed by atoms with E-state index < -0.39 is 0 Å². The first-order valence-corrected chi connectivity index (χ1v) is 10.2. The quantitative estimate of drug-likeness (QED) is 0.316. The minimum atomic E-state index is -0.377. The van der Waals surface area contributed by atoms with Crippen molar-refractivity contribution in [2.75, 3.05) is 7.11 Å². The molecule has 0 aliphatic heterocycles. The average Bonchev–Trinajstić information content (AvgIpc) is 3.32. The Hall–Kier alpha value is -4.53. The average molecular weight is 442 g/mol. The van der Waals surface area contributed by atoms with Crippen LogP contribution in [-0.4, -0.2) is 39.4 Å². The number of hydrogen-bond acceptors (Lipinski definition) is 7. The number of nitrogens with one attached hydrogen (secondary N) is 1. The molecule has 3 aromatic carbocycles. The predicted molar refractivity (Wildman–Crippen MR) is 123 cm³/mol. The minimum absolute atomic E-state index is 0.106. The van der Waals surface area contributed by atoms with E-state index >= 15 is 0 Å². The monoisotopic (exact) mass is 442 g/mol. The van der Waals surface area contributed by atoms with E-state index in [2.05, 4.69) is 25.9 Å². The molecule has 0 radical (unpaired) electrons. The van der Waals surface area contributed by atoms with Crippen molar-refractivity contribution in [1.29, 1.82) is 0 Å². The topological polar surface area (TPSA) is 104 Å². The SMILES string of the molecule is COc1ccc(/C=N/NC(=O)Cn2nnc(-c3ccccc3)n2)cc1OCc1ccccc1. The van der Waals surface area contributed by atoms with E-state index in [9.17, 15) is 4.79 Å². The molecule has 0 saturated heterocycles. The molecule has 0 aliphatic carbocycles. The van der Waals surface area contributed by atoms with Crippen LogP contribution in [0.1, 0.15) is 11.1 Å². The van der Waals surface area contributed by atoms with Gasteiger partial charge in [-0.2, -0.15) is 9.90 Å². The number of carbonyl (C=O) groups excluding carboxylic acids is 1. The van der Waals surface area contributed by atoms with Crippen LogP contribution >= 0.6 is 0 Å². The normalized spacial score (nSPS) is 10.8. The lowest BCUT2D eigenvalue weighted by atomic mass is 10.2. The summed E-state index contributed by atoms with van der Waals surface area (Å²) in [7, 11) is 1.58. The molecule has 33 heavy (non-hydrogen) atoms. The van der Waals surface area contributed by atoms with Crippen LogP contribution in [0.15, 0.2) is 84.0 Å². The molecule has 4 aromatic rings. The minimum Gasteiger partial charge on any atom is -0.493 e. The number of amides is 1. The van der Waals surface area contributed by atoms with E-state index in [1.807, 2.05) is 66.7 Å². The summed E-state index contributed by atoms with van der Waals surface area (Å²) in [6, 6.07) is 24.7. The molecule has 1 N–H and O–H groups in total. The molecule has 0 saturated carbocycles. The zero-order valence-corrected chi connectivity index (χ0v) is 18.0. The highest BCUT2D eigenvalue weighted by molar-refractivity contribution is 5.83. The number of hydrogen-bond donors (Lipinski definition) is 1. The number of methoxy groups -OCH3 is 1. The fraction of sp³-hybridized carbons (Fsp3) is 0.125. The van der Waals surface area contributed by atoms with Crippen molar-refractivity contribution >= 4 is 12.1 Å². The standard InChI is InChI=1S/C24H22N6O3/c1-32-21-13-12-19(14-22(21)33-17-18-8-4-2-5-9-18)15-25-26-23(31)16-30-28-24(27-29-30)20-10-6-3-7-11-20/h2-15H,16-17H2,1H3,(H,26,31)/b25-15+. The number of tetrazole rings is 1. The summed E-state index contributed by atoms with van der Waals surface area (Å²) in [6.45, 7) is 0.301. The number of aromatic nitrogens is 4. The Morgan fingerprint density at radius 2 is 1.79 bits per heavy atom. The van der Waals surface area contributed by atoms with Gasteiger partial charge in [0, 0.05) is 5.56 Å². The fourth-order valence-electron chi connectivity index (χ4n) is 2.98. The van der Waals surface area contributed by atoms with Crippen molar-refractivity contribution in [3.63, 3.8) is 0 Å². The highest BCUT2D eigenvalue weighted by Gasteiger charge is 2.09. The van der Waals surface area contributed by atoms with Gasteiger partial charge >= 0.3 is 0 Å². The van der Waals surface area contributed by atoms with Gasteiger partial charge in [0.25, 0.3) is 5.91 Å². The molecule has 9 heteroatoms. The summed E-state index contributed by atoms with van der Waals surface area (Å²) in [5, 5.41) is 16.1. The third kappa shape index (κ3) is 6.01. The highest BCUT2D eigenvalue weighted by Crippen LogP contribution is 2.28. The van der Waals surface area contributed by atoms with Crippen molar-refractivity contribution in [2.45, 2.75) is 13.2 Å². The molecular formula is C24H22N6O3. The number of nitrogens with zero attached hydrogens (tertiary/aromatic N) is 5. The zero-order valence-electron chi connectivity index (χ0n) is 18.0. The van der Waals surface area contributed by atoms with Gasteiger partial charge in [-0.05, 0) is 34.5 Å². The van der Waals surface area contributed by atoms with E-state index in [1.54, 1.807) is 19.2 Å². The summed E-state index contributed by atoms with van der Waals surface area (Å²) in [5.74, 6) is 1.26. The third-order valence-corrected chi connectivity index (χ3v) is 4.60. The van der Waals surface area contributed by atoms with Gasteiger partial charge in [0.05, 0.1) is 13.3 Å². The fourth-order valence-corrected chi connectivity index (χ4v) is 2.98. The van der Waals surface area contributed by atoms with Crippen molar-refractivity contribution in [3.05, 3.63) is 90.0 Å². The predicted octanol–water partition coefficient (Wildman–Crippen LogP) is 3.08. The maximum atomic E-state index is 12.2. The van der Waals surface area contributed by atoms with Crippen LogP contribution < -0.4 is 14.9 Å². The molecule has 0 unspecified atom stereocenters. The van der Waals surface area contributed by atoms with Crippen LogP contribution in [-0.2, 0) is 17.9 Å². The lowest BCUT2D eigenvalue weighted by Gasteiger charge is -2.11. The van der Waals surface area contributed by atoms with Gasteiger partial charge in [0.15, 0.2) is 11.5 Å². The van der Waals surface area contributed by atoms with Gasteiger partial charge in [-0.25, -0.2) is 5.43 Å². The van der Waals surface area contributed by atoms with Gasteiger partial charge in [0.2, 0.25) is 5.82 Å². The van der Waals surface area contributed by atoms with E-state index in [0.717, 1.165) is 16.7 Å². The van der Waals surface area contributed by atoms with Gasteiger partial charge in [-0.15, -0.1) is 10.2 Å². The Morgan fingerprint density at radius 1 is 1.03 bits per heavy atom. The Morgan fingerprint density at radius 3 is 2.55 bits per heavy atom. The second-order valence-electron chi connectivity index (χ2n) is 6.99. The maximum Gasteiger partial charge on any atom is 0.263 e. The van der Waals surface area contributed by atoms with Crippen LogP contribution in [0.3, 0.4) is 0 Å². The molecule has 0 bridgehead atoms. The third-order valence-electron chi connectivity index (χ3n) is 4.60. The molecule has 1 amide bonds. The molecule has 4 rings (SSSR count). The number of rotatable bonds is 9. The number of ether oxygens (including phenoxy) is 2. The van der Waals surface area contributed by atoms with Gasteiger partial charge in [-0.3, -0.25) is 4.79 Å². The molecule has 0 atom stereocenters. The van der Waals surface area contributed by atoms with Crippen LogP contribution in [0.4, 0.5) is 0 Å². The van der Waals surface area contributed by atoms with Gasteiger partial charge in [-0.1, -0.05) is 60.7 Å². The number of hydrazone groups is 1. The molecule has 0 fully saturated rings. The Kier molecular flexibility index (Phi) is 7.01. The largest absolute Gasteiger partial charge is 0.493 e. The molecule has 0 spiro atoms. The van der Waals surface area contributed by atoms with Crippen molar-refractivity contribution in [1.82, 2.24) is 25.6 Å². The number of carbonyl (C=O) groups is 1. The molecule has 0 aliphatic rings. The van der Waals surface area contributed by atoms with E-state index in [4.69, 9.17) is 9.47 Å². The summed E-state index contributed by atoms with van der Waals surface area (Å²) >= 11 is 0. The first kappa shape index (κ1) is 21.7. The smallest absolute Gasteiger partial charge is 0.263 e. The first-order valence-electron chi connectivity index (χ1n) is 10.2. The first-order chi connectivity index (χ1) is 16.2. The van der Waals surface area contributed by atoms with Gasteiger partial charge < -0.3 is 9.47 Å². The Bertz CT molecular complexity index is 1230. The summed E-state index contributed by atoms with van der Waals surface area (Å²) in [4.78, 5) is 13.4. The lowest BCUT2D eigenvalue weighted by molar-refractivity contribution is -0.122. The van der Waals surface area contributed by atoms with Crippen LogP contribution in [0, 0.1) is 0 Å².